The van der Waals surface area contributed by atoms with Gasteiger partial charge in [-0.3, -0.25) is 4.79 Å². The summed E-state index contributed by atoms with van der Waals surface area (Å²) in [4.78, 5) is 16.7. The molecule has 1 heterocycles. The molecule has 0 radical (unpaired) electrons. The van der Waals surface area contributed by atoms with Crippen LogP contribution in [0, 0.1) is 5.92 Å². The second-order valence-corrected chi connectivity index (χ2v) is 7.44. The summed E-state index contributed by atoms with van der Waals surface area (Å²) in [6.07, 6.45) is 6.23. The SMILES string of the molecule is NCC1CCCCC1NC(=O)CSCc1coc(-c2ccccc2)n1. The zero-order valence-electron chi connectivity index (χ0n) is 14.3. The van der Waals surface area contributed by atoms with Crippen LogP contribution in [0.15, 0.2) is 41.0 Å². The predicted molar refractivity (Wildman–Crippen MR) is 101 cm³/mol. The van der Waals surface area contributed by atoms with Gasteiger partial charge < -0.3 is 15.5 Å². The van der Waals surface area contributed by atoms with Crippen molar-refractivity contribution in [1.82, 2.24) is 10.3 Å². The largest absolute Gasteiger partial charge is 0.444 e. The van der Waals surface area contributed by atoms with E-state index < -0.39 is 0 Å². The Labute approximate surface area is 152 Å². The Morgan fingerprint density at radius 3 is 2.88 bits per heavy atom. The van der Waals surface area contributed by atoms with E-state index in [2.05, 4.69) is 10.3 Å². The number of carbonyl (C=O) groups is 1. The molecule has 0 bridgehead atoms. The minimum atomic E-state index is 0.0853. The first-order chi connectivity index (χ1) is 12.3. The number of oxazole rings is 1. The first-order valence-electron chi connectivity index (χ1n) is 8.83. The summed E-state index contributed by atoms with van der Waals surface area (Å²) in [7, 11) is 0. The lowest BCUT2D eigenvalue weighted by Crippen LogP contribution is -2.45. The Balaban J connectivity index is 1.43. The molecule has 2 atom stereocenters. The van der Waals surface area contributed by atoms with Crippen molar-refractivity contribution >= 4 is 17.7 Å². The summed E-state index contributed by atoms with van der Waals surface area (Å²) in [6.45, 7) is 0.652. The standard InChI is InChI=1S/C19H25N3O2S/c20-10-15-8-4-5-9-17(15)22-18(23)13-25-12-16-11-24-19(21-16)14-6-2-1-3-7-14/h1-3,6-7,11,15,17H,4-5,8-10,12-13,20H2,(H,22,23). The highest BCUT2D eigenvalue weighted by Crippen LogP contribution is 2.24. The third kappa shape index (κ3) is 5.09. The van der Waals surface area contributed by atoms with Gasteiger partial charge in [-0.2, -0.15) is 0 Å². The number of aromatic nitrogens is 1. The van der Waals surface area contributed by atoms with Crippen molar-refractivity contribution in [3.8, 4) is 11.5 Å². The van der Waals surface area contributed by atoms with Crippen LogP contribution in [-0.2, 0) is 10.5 Å². The van der Waals surface area contributed by atoms with E-state index in [1.807, 2.05) is 30.3 Å². The van der Waals surface area contributed by atoms with Crippen molar-refractivity contribution < 1.29 is 9.21 Å². The molecule has 2 aromatic rings. The normalized spacial score (nSPS) is 20.4. The molecular formula is C19H25N3O2S. The molecule has 1 aromatic carbocycles. The van der Waals surface area contributed by atoms with Gasteiger partial charge in [0.2, 0.25) is 11.8 Å². The summed E-state index contributed by atoms with van der Waals surface area (Å²) in [5.41, 5.74) is 7.64. The van der Waals surface area contributed by atoms with Crippen LogP contribution in [0.3, 0.4) is 0 Å². The number of hydrogen-bond donors (Lipinski definition) is 2. The molecule has 134 valence electrons. The molecule has 0 saturated heterocycles. The zero-order valence-corrected chi connectivity index (χ0v) is 15.1. The van der Waals surface area contributed by atoms with Crippen LogP contribution >= 0.6 is 11.8 Å². The average molecular weight is 359 g/mol. The summed E-state index contributed by atoms with van der Waals surface area (Å²) in [6, 6.07) is 10.0. The average Bonchev–Trinajstić information content (AvgIpc) is 3.12. The maximum atomic E-state index is 12.2. The van der Waals surface area contributed by atoms with Gasteiger partial charge in [-0.05, 0) is 37.4 Å². The fourth-order valence-corrected chi connectivity index (χ4v) is 3.98. The molecule has 1 aromatic heterocycles. The van der Waals surface area contributed by atoms with Gasteiger partial charge in [0.05, 0.1) is 11.4 Å². The van der Waals surface area contributed by atoms with Crippen molar-refractivity contribution in [1.29, 1.82) is 0 Å². The van der Waals surface area contributed by atoms with Gasteiger partial charge in [0.25, 0.3) is 0 Å². The Bertz CT molecular complexity index is 674. The van der Waals surface area contributed by atoms with E-state index in [0.717, 1.165) is 24.1 Å². The summed E-state index contributed by atoms with van der Waals surface area (Å²) < 4.78 is 5.52. The fraction of sp³-hybridized carbons (Fsp3) is 0.474. The molecule has 25 heavy (non-hydrogen) atoms. The van der Waals surface area contributed by atoms with Crippen molar-refractivity contribution in [3.05, 3.63) is 42.3 Å². The van der Waals surface area contributed by atoms with E-state index in [0.29, 0.717) is 29.9 Å². The molecule has 1 amide bonds. The predicted octanol–water partition coefficient (Wildman–Crippen LogP) is 3.21. The molecule has 0 spiro atoms. The van der Waals surface area contributed by atoms with Crippen LogP contribution in [0.5, 0.6) is 0 Å². The third-order valence-corrected chi connectivity index (χ3v) is 5.58. The molecule has 0 aliphatic heterocycles. The van der Waals surface area contributed by atoms with Gasteiger partial charge in [0.1, 0.15) is 6.26 Å². The van der Waals surface area contributed by atoms with Crippen molar-refractivity contribution in [2.75, 3.05) is 12.3 Å². The third-order valence-electron chi connectivity index (χ3n) is 4.61. The van der Waals surface area contributed by atoms with E-state index >= 15 is 0 Å². The number of nitrogens with two attached hydrogens (primary N) is 1. The first-order valence-corrected chi connectivity index (χ1v) is 9.98. The Kier molecular flexibility index (Phi) is 6.53. The lowest BCUT2D eigenvalue weighted by Gasteiger charge is -2.31. The number of thioether (sulfide) groups is 1. The zero-order chi connectivity index (χ0) is 17.5. The van der Waals surface area contributed by atoms with Crippen LogP contribution in [0.4, 0.5) is 0 Å². The van der Waals surface area contributed by atoms with Crippen molar-refractivity contribution in [2.45, 2.75) is 37.5 Å². The molecule has 3 rings (SSSR count). The molecule has 3 N–H and O–H groups in total. The number of nitrogens with zero attached hydrogens (tertiary/aromatic N) is 1. The van der Waals surface area contributed by atoms with Gasteiger partial charge >= 0.3 is 0 Å². The van der Waals surface area contributed by atoms with Gasteiger partial charge in [0, 0.05) is 17.4 Å². The fourth-order valence-electron chi connectivity index (χ4n) is 3.26. The summed E-state index contributed by atoms with van der Waals surface area (Å²) in [5.74, 6) is 2.22. The summed E-state index contributed by atoms with van der Waals surface area (Å²) in [5, 5.41) is 3.15. The molecule has 1 saturated carbocycles. The maximum Gasteiger partial charge on any atom is 0.230 e. The van der Waals surface area contributed by atoms with Gasteiger partial charge in [-0.25, -0.2) is 4.98 Å². The molecular weight excluding hydrogens is 334 g/mol. The Morgan fingerprint density at radius 1 is 1.28 bits per heavy atom. The van der Waals surface area contributed by atoms with Crippen LogP contribution in [0.25, 0.3) is 11.5 Å². The lowest BCUT2D eigenvalue weighted by molar-refractivity contribution is -0.119. The number of benzene rings is 1. The maximum absolute atomic E-state index is 12.2. The quantitative estimate of drug-likeness (QED) is 0.793. The van der Waals surface area contributed by atoms with Gasteiger partial charge in [-0.15, -0.1) is 11.8 Å². The molecule has 1 fully saturated rings. The molecule has 5 nitrogen and oxygen atoms in total. The highest BCUT2D eigenvalue weighted by molar-refractivity contribution is 7.99. The van der Waals surface area contributed by atoms with E-state index in [9.17, 15) is 4.79 Å². The van der Waals surface area contributed by atoms with E-state index in [1.54, 1.807) is 18.0 Å². The number of amides is 1. The minimum Gasteiger partial charge on any atom is -0.444 e. The van der Waals surface area contributed by atoms with Crippen LogP contribution in [-0.4, -0.2) is 29.2 Å². The molecule has 6 heteroatoms. The van der Waals surface area contributed by atoms with E-state index in [1.165, 1.54) is 12.8 Å². The monoisotopic (exact) mass is 359 g/mol. The number of nitrogens with one attached hydrogen (secondary N) is 1. The second-order valence-electron chi connectivity index (χ2n) is 6.46. The second kappa shape index (κ2) is 9.06. The highest BCUT2D eigenvalue weighted by Gasteiger charge is 2.25. The molecule has 2 unspecified atom stereocenters. The highest BCUT2D eigenvalue weighted by atomic mass is 32.2. The molecule has 1 aliphatic carbocycles. The number of hydrogen-bond acceptors (Lipinski definition) is 5. The van der Waals surface area contributed by atoms with E-state index in [4.69, 9.17) is 10.2 Å². The van der Waals surface area contributed by atoms with Crippen LogP contribution < -0.4 is 11.1 Å². The number of rotatable bonds is 7. The van der Waals surface area contributed by atoms with E-state index in [-0.39, 0.29) is 11.9 Å². The Morgan fingerprint density at radius 2 is 2.08 bits per heavy atom. The Hall–Kier alpha value is -1.79. The van der Waals surface area contributed by atoms with Crippen molar-refractivity contribution in [2.24, 2.45) is 11.7 Å². The lowest BCUT2D eigenvalue weighted by atomic mass is 9.84. The summed E-state index contributed by atoms with van der Waals surface area (Å²) >= 11 is 1.55. The topological polar surface area (TPSA) is 81.1 Å². The van der Waals surface area contributed by atoms with Crippen molar-refractivity contribution in [3.63, 3.8) is 0 Å². The first kappa shape index (κ1) is 18.0. The number of carbonyl (C=O) groups excluding carboxylic acids is 1. The molecule has 1 aliphatic rings. The minimum absolute atomic E-state index is 0.0853. The smallest absolute Gasteiger partial charge is 0.230 e. The van der Waals surface area contributed by atoms with Gasteiger partial charge in [-0.1, -0.05) is 31.0 Å². The van der Waals surface area contributed by atoms with Crippen LogP contribution in [0.1, 0.15) is 31.4 Å². The van der Waals surface area contributed by atoms with Gasteiger partial charge in [0.15, 0.2) is 0 Å². The van der Waals surface area contributed by atoms with Crippen LogP contribution in [0.2, 0.25) is 0 Å².